The first-order valence-electron chi connectivity index (χ1n) is 5.91. The fourth-order valence-corrected chi connectivity index (χ4v) is 2.26. The summed E-state index contributed by atoms with van der Waals surface area (Å²) in [6, 6.07) is 0. The number of nitrogens with two attached hydrogens (primary N) is 1. The number of nitrogens with zero attached hydrogens (tertiary/aromatic N) is 3. The highest BCUT2D eigenvalue weighted by molar-refractivity contribution is 7.18. The van der Waals surface area contributed by atoms with Gasteiger partial charge in [-0.1, -0.05) is 11.3 Å². The Bertz CT molecular complexity index is 594. The number of carbonyl (C=O) groups is 1. The number of anilines is 3. The lowest BCUT2D eigenvalue weighted by atomic mass is 10.4. The Hall–Kier alpha value is -2.13. The number of rotatable bonds is 6. The lowest BCUT2D eigenvalue weighted by Crippen LogP contribution is -2.11. The van der Waals surface area contributed by atoms with Crippen LogP contribution < -0.4 is 16.4 Å². The van der Waals surface area contributed by atoms with E-state index in [1.165, 1.54) is 11.3 Å². The quantitative estimate of drug-likeness (QED) is 0.730. The van der Waals surface area contributed by atoms with Crippen LogP contribution in [0.3, 0.4) is 0 Å². The maximum Gasteiger partial charge on any atom is 0.269 e. The molecule has 108 valence electrons. The maximum atomic E-state index is 12.1. The van der Waals surface area contributed by atoms with Gasteiger partial charge in [-0.3, -0.25) is 9.48 Å². The molecule has 0 spiro atoms. The monoisotopic (exact) mass is 296 g/mol. The molecule has 2 aromatic heterocycles. The summed E-state index contributed by atoms with van der Waals surface area (Å²) in [6.45, 7) is 1.18. The molecule has 0 aliphatic heterocycles. The van der Waals surface area contributed by atoms with Gasteiger partial charge in [0.05, 0.1) is 25.0 Å². The number of hydrogen-bond acceptors (Lipinski definition) is 7. The van der Waals surface area contributed by atoms with E-state index in [0.717, 1.165) is 0 Å². The smallest absolute Gasteiger partial charge is 0.269 e. The third-order valence-electron chi connectivity index (χ3n) is 2.49. The number of methoxy groups -OCH3 is 1. The molecule has 8 nitrogen and oxygen atoms in total. The molecule has 0 saturated heterocycles. The van der Waals surface area contributed by atoms with E-state index < -0.39 is 0 Å². The Kier molecular flexibility index (Phi) is 4.53. The van der Waals surface area contributed by atoms with Crippen LogP contribution in [-0.4, -0.2) is 41.4 Å². The molecular weight excluding hydrogens is 280 g/mol. The second-order valence-electron chi connectivity index (χ2n) is 3.92. The molecule has 2 aromatic rings. The SMILES string of the molecule is CNc1nc(N)c(C(=O)Nc2cnn(CCOC)c2)s1. The van der Waals surface area contributed by atoms with Gasteiger partial charge in [0.1, 0.15) is 10.7 Å². The fraction of sp³-hybridized carbons (Fsp3) is 0.364. The Labute approximate surface area is 119 Å². The second kappa shape index (κ2) is 6.35. The van der Waals surface area contributed by atoms with Crippen LogP contribution in [-0.2, 0) is 11.3 Å². The van der Waals surface area contributed by atoms with Crippen LogP contribution in [0.15, 0.2) is 12.4 Å². The fourth-order valence-electron chi connectivity index (χ4n) is 1.52. The molecule has 0 atom stereocenters. The third-order valence-corrected chi connectivity index (χ3v) is 3.58. The molecule has 0 fully saturated rings. The molecule has 20 heavy (non-hydrogen) atoms. The van der Waals surface area contributed by atoms with E-state index in [1.807, 2.05) is 0 Å². The van der Waals surface area contributed by atoms with Crippen molar-refractivity contribution in [2.45, 2.75) is 6.54 Å². The molecule has 0 bridgehead atoms. The zero-order valence-electron chi connectivity index (χ0n) is 11.2. The highest BCUT2D eigenvalue weighted by Crippen LogP contribution is 2.25. The van der Waals surface area contributed by atoms with Crippen molar-refractivity contribution in [3.63, 3.8) is 0 Å². The predicted octanol–water partition coefficient (Wildman–Crippen LogP) is 0.862. The number of nitrogen functional groups attached to an aromatic ring is 1. The van der Waals surface area contributed by atoms with Crippen molar-refractivity contribution in [3.8, 4) is 0 Å². The summed E-state index contributed by atoms with van der Waals surface area (Å²) in [5.74, 6) is -0.0867. The maximum absolute atomic E-state index is 12.1. The molecule has 0 aliphatic rings. The van der Waals surface area contributed by atoms with Crippen LogP contribution in [0.5, 0.6) is 0 Å². The van der Waals surface area contributed by atoms with Gasteiger partial charge in [-0.25, -0.2) is 4.98 Å². The molecular formula is C11H16N6O2S. The van der Waals surface area contributed by atoms with E-state index in [1.54, 1.807) is 31.2 Å². The van der Waals surface area contributed by atoms with E-state index in [-0.39, 0.29) is 11.7 Å². The van der Waals surface area contributed by atoms with Gasteiger partial charge in [-0.05, 0) is 0 Å². The predicted molar refractivity (Wildman–Crippen MR) is 78.1 cm³/mol. The van der Waals surface area contributed by atoms with Crippen LogP contribution in [0.25, 0.3) is 0 Å². The number of aromatic nitrogens is 3. The molecule has 0 radical (unpaired) electrons. The normalized spacial score (nSPS) is 10.5. The summed E-state index contributed by atoms with van der Waals surface area (Å²) >= 11 is 1.20. The third kappa shape index (κ3) is 3.25. The lowest BCUT2D eigenvalue weighted by Gasteiger charge is -2.00. The Morgan fingerprint density at radius 1 is 1.60 bits per heavy atom. The van der Waals surface area contributed by atoms with E-state index >= 15 is 0 Å². The van der Waals surface area contributed by atoms with Crippen LogP contribution in [0, 0.1) is 0 Å². The number of ether oxygens (including phenoxy) is 1. The van der Waals surface area contributed by atoms with E-state index in [4.69, 9.17) is 10.5 Å². The summed E-state index contributed by atoms with van der Waals surface area (Å²) in [5, 5.41) is 10.3. The van der Waals surface area contributed by atoms with Crippen molar-refractivity contribution in [3.05, 3.63) is 17.3 Å². The van der Waals surface area contributed by atoms with Gasteiger partial charge in [0.2, 0.25) is 0 Å². The van der Waals surface area contributed by atoms with Gasteiger partial charge < -0.3 is 21.1 Å². The Balaban J connectivity index is 2.03. The number of carbonyl (C=O) groups excluding carboxylic acids is 1. The summed E-state index contributed by atoms with van der Waals surface area (Å²) < 4.78 is 6.65. The van der Waals surface area contributed by atoms with Crippen LogP contribution in [0.4, 0.5) is 16.6 Å². The van der Waals surface area contributed by atoms with Crippen LogP contribution in [0.1, 0.15) is 9.67 Å². The highest BCUT2D eigenvalue weighted by atomic mass is 32.1. The standard InChI is InChI=1S/C11H16N6O2S/c1-13-11-16-9(12)8(20-11)10(18)15-7-5-14-17(6-7)3-4-19-2/h5-6H,3-4,12H2,1-2H3,(H,13,16)(H,15,18). The molecule has 0 saturated carbocycles. The molecule has 0 aromatic carbocycles. The molecule has 0 unspecified atom stereocenters. The minimum absolute atomic E-state index is 0.212. The average molecular weight is 296 g/mol. The zero-order valence-corrected chi connectivity index (χ0v) is 12.0. The Morgan fingerprint density at radius 2 is 2.40 bits per heavy atom. The van der Waals surface area contributed by atoms with Gasteiger partial charge in [-0.2, -0.15) is 5.10 Å². The summed E-state index contributed by atoms with van der Waals surface area (Å²) in [5.41, 5.74) is 6.31. The van der Waals surface area contributed by atoms with Gasteiger partial charge in [-0.15, -0.1) is 0 Å². The van der Waals surface area contributed by atoms with Crippen molar-refractivity contribution < 1.29 is 9.53 Å². The summed E-state index contributed by atoms with van der Waals surface area (Å²) in [6.07, 6.45) is 3.30. The van der Waals surface area contributed by atoms with Crippen molar-refractivity contribution in [1.29, 1.82) is 0 Å². The van der Waals surface area contributed by atoms with Gasteiger partial charge in [0.15, 0.2) is 5.13 Å². The molecule has 2 heterocycles. The summed E-state index contributed by atoms with van der Waals surface area (Å²) in [7, 11) is 3.35. The van der Waals surface area contributed by atoms with Crippen LogP contribution >= 0.6 is 11.3 Å². The summed E-state index contributed by atoms with van der Waals surface area (Å²) in [4.78, 5) is 16.5. The minimum atomic E-state index is -0.298. The van der Waals surface area contributed by atoms with Crippen molar-refractivity contribution in [2.75, 3.05) is 37.1 Å². The van der Waals surface area contributed by atoms with Gasteiger partial charge >= 0.3 is 0 Å². The zero-order chi connectivity index (χ0) is 14.5. The first kappa shape index (κ1) is 14.3. The lowest BCUT2D eigenvalue weighted by molar-refractivity contribution is 0.103. The largest absolute Gasteiger partial charge is 0.383 e. The van der Waals surface area contributed by atoms with Gasteiger partial charge in [0, 0.05) is 20.4 Å². The second-order valence-corrected chi connectivity index (χ2v) is 4.92. The number of hydrogen-bond donors (Lipinski definition) is 3. The molecule has 0 aliphatic carbocycles. The number of amides is 1. The average Bonchev–Trinajstić information content (AvgIpc) is 3.02. The minimum Gasteiger partial charge on any atom is -0.383 e. The topological polar surface area (TPSA) is 107 Å². The van der Waals surface area contributed by atoms with Crippen molar-refractivity contribution in [1.82, 2.24) is 14.8 Å². The van der Waals surface area contributed by atoms with E-state index in [0.29, 0.717) is 28.8 Å². The highest BCUT2D eigenvalue weighted by Gasteiger charge is 2.16. The molecule has 9 heteroatoms. The van der Waals surface area contributed by atoms with Crippen LogP contribution in [0.2, 0.25) is 0 Å². The first-order chi connectivity index (χ1) is 9.63. The van der Waals surface area contributed by atoms with E-state index in [9.17, 15) is 4.79 Å². The van der Waals surface area contributed by atoms with E-state index in [2.05, 4.69) is 20.7 Å². The van der Waals surface area contributed by atoms with Gasteiger partial charge in [0.25, 0.3) is 5.91 Å². The first-order valence-corrected chi connectivity index (χ1v) is 6.72. The number of nitrogens with one attached hydrogen (secondary N) is 2. The van der Waals surface area contributed by atoms with Crippen molar-refractivity contribution in [2.24, 2.45) is 0 Å². The molecule has 2 rings (SSSR count). The molecule has 1 amide bonds. The Morgan fingerprint density at radius 3 is 3.05 bits per heavy atom. The number of thiazole rings is 1. The molecule has 4 N–H and O–H groups in total. The van der Waals surface area contributed by atoms with Crippen molar-refractivity contribution >= 4 is 33.9 Å².